The maximum atomic E-state index is 12.2. The molecule has 1 aromatic heterocycles. The number of nitrogens with one attached hydrogen (secondary N) is 2. The average Bonchev–Trinajstić information content (AvgIpc) is 2.98. The van der Waals surface area contributed by atoms with Crippen LogP contribution >= 0.6 is 0 Å². The lowest BCUT2D eigenvalue weighted by molar-refractivity contribution is 0.328. The Balaban J connectivity index is 1.42. The number of aromatic nitrogens is 2. The van der Waals surface area contributed by atoms with Gasteiger partial charge in [0.15, 0.2) is 5.82 Å². The van der Waals surface area contributed by atoms with Crippen molar-refractivity contribution in [3.63, 3.8) is 0 Å². The Morgan fingerprint density at radius 1 is 1.19 bits per heavy atom. The van der Waals surface area contributed by atoms with Gasteiger partial charge < -0.3 is 9.84 Å². The van der Waals surface area contributed by atoms with E-state index in [1.54, 1.807) is 20.8 Å². The maximum Gasteiger partial charge on any atom is 0.321 e. The fourth-order valence-corrected chi connectivity index (χ4v) is 4.30. The summed E-state index contributed by atoms with van der Waals surface area (Å²) in [5, 5.41) is 7.40. The fourth-order valence-electron chi connectivity index (χ4n) is 3.41. The number of rotatable bonds is 6. The summed E-state index contributed by atoms with van der Waals surface area (Å²) < 4.78 is 31.6. The molecule has 0 saturated heterocycles. The van der Waals surface area contributed by atoms with Crippen molar-refractivity contribution < 1.29 is 12.9 Å². The summed E-state index contributed by atoms with van der Waals surface area (Å²) in [6.45, 7) is 9.61. The van der Waals surface area contributed by atoms with Crippen molar-refractivity contribution in [1.82, 2.24) is 14.9 Å². The van der Waals surface area contributed by atoms with Gasteiger partial charge in [-0.2, -0.15) is 4.98 Å². The van der Waals surface area contributed by atoms with Crippen molar-refractivity contribution in [2.45, 2.75) is 76.0 Å². The topological polar surface area (TPSA) is 97.1 Å². The largest absolute Gasteiger partial charge is 0.335 e. The molecule has 2 saturated carbocycles. The molecule has 2 aliphatic rings. The first-order valence-corrected chi connectivity index (χ1v) is 10.9. The molecule has 1 heterocycles. The van der Waals surface area contributed by atoms with Crippen LogP contribution in [0.5, 0.6) is 0 Å². The Morgan fingerprint density at radius 3 is 2.42 bits per heavy atom. The lowest BCUT2D eigenvalue weighted by Crippen LogP contribution is -2.42. The van der Waals surface area contributed by atoms with Crippen molar-refractivity contribution in [1.29, 1.82) is 0 Å². The van der Waals surface area contributed by atoms with Gasteiger partial charge in [0.25, 0.3) is 0 Å². The van der Waals surface area contributed by atoms with Gasteiger partial charge in [-0.3, -0.25) is 0 Å². The molecule has 7 nitrogen and oxygen atoms in total. The second-order valence-electron chi connectivity index (χ2n) is 8.64. The lowest BCUT2D eigenvalue weighted by atomic mass is 9.81. The van der Waals surface area contributed by atoms with E-state index < -0.39 is 14.8 Å². The SMILES string of the molecule is C=C1CC(c2noc(NC3CCC(CNS(=O)(=O)C(C)(C)C)CC3)n2)C1. The molecule has 0 atom stereocenters. The highest BCUT2D eigenvalue weighted by molar-refractivity contribution is 7.90. The van der Waals surface area contributed by atoms with Crippen LogP contribution in [0.4, 0.5) is 6.01 Å². The zero-order valence-electron chi connectivity index (χ0n) is 15.9. The van der Waals surface area contributed by atoms with Gasteiger partial charge in [0.05, 0.1) is 4.75 Å². The second kappa shape index (κ2) is 7.31. The quantitative estimate of drug-likeness (QED) is 0.733. The molecule has 0 amide bonds. The van der Waals surface area contributed by atoms with Crippen molar-refractivity contribution in [3.8, 4) is 0 Å². The summed E-state index contributed by atoms with van der Waals surface area (Å²) in [6.07, 6.45) is 5.81. The van der Waals surface area contributed by atoms with E-state index in [4.69, 9.17) is 4.52 Å². The van der Waals surface area contributed by atoms with Gasteiger partial charge in [-0.1, -0.05) is 17.3 Å². The standard InChI is InChI=1S/C18H30N4O3S/c1-12-9-14(10-12)16-21-17(25-22-16)20-15-7-5-13(6-8-15)11-19-26(23,24)18(2,3)4/h13-15,19H,1,5-11H2,2-4H3,(H,20,21,22). The summed E-state index contributed by atoms with van der Waals surface area (Å²) in [5.74, 6) is 1.50. The van der Waals surface area contributed by atoms with E-state index in [0.717, 1.165) is 44.3 Å². The summed E-state index contributed by atoms with van der Waals surface area (Å²) in [6, 6.07) is 0.796. The molecule has 2 fully saturated rings. The third-order valence-electron chi connectivity index (χ3n) is 5.42. The van der Waals surface area contributed by atoms with E-state index in [0.29, 0.717) is 30.4 Å². The molecule has 0 bridgehead atoms. The summed E-state index contributed by atoms with van der Waals surface area (Å²) in [4.78, 5) is 4.45. The molecule has 2 N–H and O–H groups in total. The van der Waals surface area contributed by atoms with E-state index in [1.165, 1.54) is 5.57 Å². The van der Waals surface area contributed by atoms with Crippen LogP contribution in [0.15, 0.2) is 16.7 Å². The minimum atomic E-state index is -3.27. The highest BCUT2D eigenvalue weighted by Gasteiger charge is 2.31. The number of sulfonamides is 1. The first kappa shape index (κ1) is 19.4. The Hall–Kier alpha value is -1.41. The van der Waals surface area contributed by atoms with E-state index >= 15 is 0 Å². The van der Waals surface area contributed by atoms with E-state index in [2.05, 4.69) is 26.8 Å². The van der Waals surface area contributed by atoms with E-state index in [-0.39, 0.29) is 0 Å². The molecule has 2 aliphatic carbocycles. The average molecular weight is 383 g/mol. The molecule has 0 aliphatic heterocycles. The van der Waals surface area contributed by atoms with Crippen LogP contribution in [0.1, 0.15) is 71.0 Å². The van der Waals surface area contributed by atoms with Crippen molar-refractivity contribution in [3.05, 3.63) is 18.0 Å². The fraction of sp³-hybridized carbons (Fsp3) is 0.778. The number of hydrogen-bond acceptors (Lipinski definition) is 6. The minimum absolute atomic E-state index is 0.301. The van der Waals surface area contributed by atoms with Crippen molar-refractivity contribution in [2.75, 3.05) is 11.9 Å². The Kier molecular flexibility index (Phi) is 5.44. The van der Waals surface area contributed by atoms with Gasteiger partial charge in [0.1, 0.15) is 0 Å². The molecule has 26 heavy (non-hydrogen) atoms. The first-order valence-electron chi connectivity index (χ1n) is 9.40. The normalized spacial score (nSPS) is 25.1. The zero-order valence-corrected chi connectivity index (χ0v) is 16.7. The summed E-state index contributed by atoms with van der Waals surface area (Å²) in [5.41, 5.74) is 1.25. The molecule has 0 unspecified atom stereocenters. The Morgan fingerprint density at radius 2 is 1.85 bits per heavy atom. The van der Waals surface area contributed by atoms with Crippen molar-refractivity contribution >= 4 is 16.0 Å². The van der Waals surface area contributed by atoms with Crippen LogP contribution in [0.25, 0.3) is 0 Å². The van der Waals surface area contributed by atoms with Gasteiger partial charge in [-0.15, -0.1) is 0 Å². The second-order valence-corrected chi connectivity index (χ2v) is 11.2. The van der Waals surface area contributed by atoms with Gasteiger partial charge in [-0.05, 0) is 65.2 Å². The van der Waals surface area contributed by atoms with Crippen LogP contribution in [-0.4, -0.2) is 35.9 Å². The maximum absolute atomic E-state index is 12.2. The Labute approximate surface area is 156 Å². The Bertz CT molecular complexity index is 735. The number of hydrogen-bond donors (Lipinski definition) is 2. The summed E-state index contributed by atoms with van der Waals surface area (Å²) in [7, 11) is -3.27. The smallest absolute Gasteiger partial charge is 0.321 e. The molecule has 0 radical (unpaired) electrons. The highest BCUT2D eigenvalue weighted by Crippen LogP contribution is 2.39. The number of anilines is 1. The highest BCUT2D eigenvalue weighted by atomic mass is 32.2. The van der Waals surface area contributed by atoms with Crippen LogP contribution in [0, 0.1) is 5.92 Å². The van der Waals surface area contributed by atoms with E-state index in [9.17, 15) is 8.42 Å². The zero-order chi connectivity index (χ0) is 18.9. The number of nitrogens with zero attached hydrogens (tertiary/aromatic N) is 2. The third-order valence-corrected chi connectivity index (χ3v) is 7.58. The minimum Gasteiger partial charge on any atom is -0.335 e. The molecule has 8 heteroatoms. The molecular formula is C18H30N4O3S. The molecule has 1 aromatic rings. The van der Waals surface area contributed by atoms with Gasteiger partial charge in [0, 0.05) is 18.5 Å². The molecular weight excluding hydrogens is 352 g/mol. The molecule has 0 spiro atoms. The van der Waals surface area contributed by atoms with E-state index in [1.807, 2.05) is 0 Å². The van der Waals surface area contributed by atoms with Crippen LogP contribution in [0.3, 0.4) is 0 Å². The molecule has 146 valence electrons. The van der Waals surface area contributed by atoms with Crippen LogP contribution in [0.2, 0.25) is 0 Å². The van der Waals surface area contributed by atoms with Crippen LogP contribution < -0.4 is 10.0 Å². The summed E-state index contributed by atoms with van der Waals surface area (Å²) >= 11 is 0. The molecule has 0 aromatic carbocycles. The van der Waals surface area contributed by atoms with Gasteiger partial charge >= 0.3 is 6.01 Å². The lowest BCUT2D eigenvalue weighted by Gasteiger charge is -2.29. The molecule has 3 rings (SSSR count). The van der Waals surface area contributed by atoms with Crippen molar-refractivity contribution in [2.24, 2.45) is 5.92 Å². The predicted molar refractivity (Wildman–Crippen MR) is 101 cm³/mol. The number of allylic oxidation sites excluding steroid dienone is 1. The monoisotopic (exact) mass is 382 g/mol. The van der Waals surface area contributed by atoms with Gasteiger partial charge in [-0.25, -0.2) is 13.1 Å². The first-order chi connectivity index (χ1) is 12.1. The third kappa shape index (κ3) is 4.46. The predicted octanol–water partition coefficient (Wildman–Crippen LogP) is 3.19. The van der Waals surface area contributed by atoms with Gasteiger partial charge in [0.2, 0.25) is 10.0 Å². The van der Waals surface area contributed by atoms with Crippen LogP contribution in [-0.2, 0) is 10.0 Å².